The summed E-state index contributed by atoms with van der Waals surface area (Å²) in [5, 5.41) is 1.89. The van der Waals surface area contributed by atoms with E-state index >= 15 is 0 Å². The SMILES string of the molecule is O=C(c1ccccc1)N1CCN(C(=O)c2ccc(S(=O)(=O)NCc3cccs3)cc2)CC1. The number of carbonyl (C=O) groups is 2. The molecule has 3 aromatic rings. The van der Waals surface area contributed by atoms with Crippen LogP contribution in [0, 0.1) is 0 Å². The Hall–Kier alpha value is -3.01. The molecule has 166 valence electrons. The quantitative estimate of drug-likeness (QED) is 0.602. The summed E-state index contributed by atoms with van der Waals surface area (Å²) in [5.41, 5.74) is 1.06. The molecule has 0 spiro atoms. The molecule has 9 heteroatoms. The van der Waals surface area contributed by atoms with Crippen molar-refractivity contribution in [3.8, 4) is 0 Å². The van der Waals surface area contributed by atoms with Crippen molar-refractivity contribution in [2.75, 3.05) is 26.2 Å². The minimum absolute atomic E-state index is 0.0395. The average molecular weight is 470 g/mol. The Bertz CT molecular complexity index is 1170. The Balaban J connectivity index is 1.34. The summed E-state index contributed by atoms with van der Waals surface area (Å²) in [5.74, 6) is -0.213. The molecule has 0 unspecified atom stereocenters. The molecule has 4 rings (SSSR count). The van der Waals surface area contributed by atoms with Crippen LogP contribution in [0.4, 0.5) is 0 Å². The number of hydrogen-bond acceptors (Lipinski definition) is 5. The number of carbonyl (C=O) groups excluding carboxylic acids is 2. The second kappa shape index (κ2) is 9.64. The highest BCUT2D eigenvalue weighted by atomic mass is 32.2. The van der Waals surface area contributed by atoms with Crippen LogP contribution in [0.3, 0.4) is 0 Å². The number of rotatable bonds is 6. The predicted octanol–water partition coefficient (Wildman–Crippen LogP) is 2.82. The largest absolute Gasteiger partial charge is 0.335 e. The van der Waals surface area contributed by atoms with Gasteiger partial charge in [0, 0.05) is 48.7 Å². The van der Waals surface area contributed by atoms with Crippen LogP contribution in [-0.2, 0) is 16.6 Å². The van der Waals surface area contributed by atoms with Gasteiger partial charge in [0.05, 0.1) is 4.90 Å². The molecule has 0 aliphatic carbocycles. The van der Waals surface area contributed by atoms with Crippen LogP contribution < -0.4 is 4.72 Å². The van der Waals surface area contributed by atoms with Crippen LogP contribution >= 0.6 is 11.3 Å². The van der Waals surface area contributed by atoms with Gasteiger partial charge < -0.3 is 9.80 Å². The zero-order chi connectivity index (χ0) is 22.6. The van der Waals surface area contributed by atoms with E-state index in [9.17, 15) is 18.0 Å². The van der Waals surface area contributed by atoms with E-state index < -0.39 is 10.0 Å². The van der Waals surface area contributed by atoms with Crippen LogP contribution in [0.2, 0.25) is 0 Å². The highest BCUT2D eigenvalue weighted by Gasteiger charge is 2.25. The minimum atomic E-state index is -3.66. The van der Waals surface area contributed by atoms with Crippen LogP contribution in [-0.4, -0.2) is 56.2 Å². The van der Waals surface area contributed by atoms with Crippen LogP contribution in [0.5, 0.6) is 0 Å². The van der Waals surface area contributed by atoms with Gasteiger partial charge in [-0.2, -0.15) is 0 Å². The topological polar surface area (TPSA) is 86.8 Å². The lowest BCUT2D eigenvalue weighted by Gasteiger charge is -2.35. The molecule has 0 radical (unpaired) electrons. The average Bonchev–Trinajstić information content (AvgIpc) is 3.37. The molecule has 1 saturated heterocycles. The first-order chi connectivity index (χ1) is 15.4. The molecule has 1 aromatic heterocycles. The maximum Gasteiger partial charge on any atom is 0.253 e. The third kappa shape index (κ3) is 5.07. The number of sulfonamides is 1. The summed E-state index contributed by atoms with van der Waals surface area (Å²) >= 11 is 1.48. The molecule has 2 aromatic carbocycles. The van der Waals surface area contributed by atoms with E-state index in [0.29, 0.717) is 37.3 Å². The van der Waals surface area contributed by atoms with Crippen molar-refractivity contribution < 1.29 is 18.0 Å². The molecule has 2 heterocycles. The van der Waals surface area contributed by atoms with Gasteiger partial charge in [0.15, 0.2) is 0 Å². The maximum atomic E-state index is 12.8. The van der Waals surface area contributed by atoms with E-state index in [1.54, 1.807) is 21.9 Å². The Morgan fingerprint density at radius 2 is 1.34 bits per heavy atom. The zero-order valence-electron chi connectivity index (χ0n) is 17.3. The highest BCUT2D eigenvalue weighted by molar-refractivity contribution is 7.89. The van der Waals surface area contributed by atoms with Crippen LogP contribution in [0.1, 0.15) is 25.6 Å². The van der Waals surface area contributed by atoms with E-state index in [4.69, 9.17) is 0 Å². The molecule has 1 aliphatic rings. The first kappa shape index (κ1) is 22.2. The third-order valence-corrected chi connectivity index (χ3v) is 7.60. The van der Waals surface area contributed by atoms with Crippen molar-refractivity contribution in [1.29, 1.82) is 0 Å². The molecule has 0 atom stereocenters. The van der Waals surface area contributed by atoms with Gasteiger partial charge in [0.1, 0.15) is 0 Å². The Morgan fingerprint density at radius 3 is 1.88 bits per heavy atom. The summed E-state index contributed by atoms with van der Waals surface area (Å²) in [6, 6.07) is 18.8. The van der Waals surface area contributed by atoms with E-state index in [2.05, 4.69) is 4.72 Å². The smallest absolute Gasteiger partial charge is 0.253 e. The Labute approximate surface area is 191 Å². The van der Waals surface area contributed by atoms with Crippen molar-refractivity contribution in [2.24, 2.45) is 0 Å². The van der Waals surface area contributed by atoms with Crippen molar-refractivity contribution in [1.82, 2.24) is 14.5 Å². The molecule has 1 fully saturated rings. The third-order valence-electron chi connectivity index (χ3n) is 5.30. The van der Waals surface area contributed by atoms with E-state index in [1.807, 2.05) is 35.7 Å². The summed E-state index contributed by atoms with van der Waals surface area (Å²) in [7, 11) is -3.66. The van der Waals surface area contributed by atoms with Crippen molar-refractivity contribution in [2.45, 2.75) is 11.4 Å². The van der Waals surface area contributed by atoms with Gasteiger partial charge in [-0.1, -0.05) is 24.3 Å². The first-order valence-corrected chi connectivity index (χ1v) is 12.6. The second-order valence-corrected chi connectivity index (χ2v) is 10.2. The minimum Gasteiger partial charge on any atom is -0.335 e. The Kier molecular flexibility index (Phi) is 6.69. The zero-order valence-corrected chi connectivity index (χ0v) is 18.9. The molecule has 0 saturated carbocycles. The molecular weight excluding hydrogens is 446 g/mol. The number of hydrogen-bond donors (Lipinski definition) is 1. The number of nitrogens with zero attached hydrogens (tertiary/aromatic N) is 2. The van der Waals surface area contributed by atoms with Crippen molar-refractivity contribution in [3.63, 3.8) is 0 Å². The van der Waals surface area contributed by atoms with Gasteiger partial charge in [-0.15, -0.1) is 11.3 Å². The van der Waals surface area contributed by atoms with E-state index in [0.717, 1.165) is 4.88 Å². The number of amides is 2. The summed E-state index contributed by atoms with van der Waals surface area (Å²) in [4.78, 5) is 29.9. The van der Waals surface area contributed by atoms with Crippen LogP contribution in [0.15, 0.2) is 77.0 Å². The molecule has 1 N–H and O–H groups in total. The normalized spacial score (nSPS) is 14.4. The number of nitrogens with one attached hydrogen (secondary N) is 1. The van der Waals surface area contributed by atoms with Crippen molar-refractivity contribution >= 4 is 33.2 Å². The van der Waals surface area contributed by atoms with Gasteiger partial charge in [-0.25, -0.2) is 13.1 Å². The maximum absolute atomic E-state index is 12.8. The summed E-state index contributed by atoms with van der Waals surface area (Å²) in [6.45, 7) is 2.00. The fraction of sp³-hybridized carbons (Fsp3) is 0.217. The van der Waals surface area contributed by atoms with Crippen LogP contribution in [0.25, 0.3) is 0 Å². The number of thiophene rings is 1. The molecule has 32 heavy (non-hydrogen) atoms. The van der Waals surface area contributed by atoms with Gasteiger partial charge in [0.25, 0.3) is 11.8 Å². The lowest BCUT2D eigenvalue weighted by atomic mass is 10.1. The monoisotopic (exact) mass is 469 g/mol. The first-order valence-electron chi connectivity index (χ1n) is 10.2. The number of piperazine rings is 1. The Morgan fingerprint density at radius 1 is 0.781 bits per heavy atom. The standard InChI is InChI=1S/C23H23N3O4S2/c27-22(18-5-2-1-3-6-18)25-12-14-26(15-13-25)23(28)19-8-10-21(11-9-19)32(29,30)24-17-20-7-4-16-31-20/h1-11,16,24H,12-15,17H2. The molecule has 2 amide bonds. The van der Waals surface area contributed by atoms with Gasteiger partial charge >= 0.3 is 0 Å². The molecule has 1 aliphatic heterocycles. The molecule has 7 nitrogen and oxygen atoms in total. The van der Waals surface area contributed by atoms with Crippen molar-refractivity contribution in [3.05, 3.63) is 88.1 Å². The van der Waals surface area contributed by atoms with E-state index in [1.165, 1.54) is 35.6 Å². The summed E-state index contributed by atoms with van der Waals surface area (Å²) in [6.07, 6.45) is 0. The fourth-order valence-corrected chi connectivity index (χ4v) is 5.24. The summed E-state index contributed by atoms with van der Waals surface area (Å²) < 4.78 is 27.5. The lowest BCUT2D eigenvalue weighted by Crippen LogP contribution is -2.50. The molecular formula is C23H23N3O4S2. The fourth-order valence-electron chi connectivity index (χ4n) is 3.50. The molecule has 0 bridgehead atoms. The predicted molar refractivity (Wildman–Crippen MR) is 123 cm³/mol. The highest BCUT2D eigenvalue weighted by Crippen LogP contribution is 2.16. The van der Waals surface area contributed by atoms with Gasteiger partial charge in [-0.05, 0) is 47.8 Å². The lowest BCUT2D eigenvalue weighted by molar-refractivity contribution is 0.0535. The number of benzene rings is 2. The van der Waals surface area contributed by atoms with E-state index in [-0.39, 0.29) is 23.3 Å². The van der Waals surface area contributed by atoms with Gasteiger partial charge in [0.2, 0.25) is 10.0 Å². The van der Waals surface area contributed by atoms with Gasteiger partial charge in [-0.3, -0.25) is 9.59 Å². The second-order valence-electron chi connectivity index (χ2n) is 7.38.